The number of aliphatic hydroxyl groups is 1. The topological polar surface area (TPSA) is 96.1 Å². The number of nitrogens with zero attached hydrogens (tertiary/aromatic N) is 1. The van der Waals surface area contributed by atoms with Crippen LogP contribution < -0.4 is 16.0 Å². The zero-order chi connectivity index (χ0) is 11.5. The molecule has 0 amide bonds. The number of rotatable bonds is 3. The molecule has 2 aromatic rings. The Balaban J connectivity index is 2.55. The van der Waals surface area contributed by atoms with Gasteiger partial charge in [0.15, 0.2) is 0 Å². The molecule has 2 rings (SSSR count). The van der Waals surface area contributed by atoms with Crippen molar-refractivity contribution >= 4 is 0 Å². The Labute approximate surface area is 90.9 Å². The lowest BCUT2D eigenvalue weighted by atomic mass is 10.2. The summed E-state index contributed by atoms with van der Waals surface area (Å²) in [4.78, 5) is 11.4. The highest BCUT2D eigenvalue weighted by Crippen LogP contribution is 2.02. The van der Waals surface area contributed by atoms with Gasteiger partial charge < -0.3 is 10.8 Å². The molecule has 16 heavy (non-hydrogen) atoms. The van der Waals surface area contributed by atoms with E-state index in [9.17, 15) is 4.79 Å². The summed E-state index contributed by atoms with van der Waals surface area (Å²) in [5.41, 5.74) is 5.95. The molecule has 1 unspecified atom stereocenters. The summed E-state index contributed by atoms with van der Waals surface area (Å²) in [7, 11) is 0. The number of nitrogens with two attached hydrogens (primary N) is 1. The van der Waals surface area contributed by atoms with Crippen LogP contribution in [0.5, 0.6) is 0 Å². The maximum atomic E-state index is 11.4. The molecule has 1 heterocycles. The van der Waals surface area contributed by atoms with Crippen molar-refractivity contribution in [3.63, 3.8) is 0 Å². The standard InChI is InChI=1S/C10H11N3O3/c11-8(6-14)9-10(15)16-12-13(9)7-4-2-1-3-5-7/h1-5,8,14H,6,11H2/p+1. The first kappa shape index (κ1) is 10.6. The second-order valence-corrected chi connectivity index (χ2v) is 3.33. The maximum Gasteiger partial charge on any atom is 0.432 e. The minimum Gasteiger partial charge on any atom is -0.394 e. The van der Waals surface area contributed by atoms with E-state index in [1.54, 1.807) is 12.1 Å². The van der Waals surface area contributed by atoms with Crippen molar-refractivity contribution in [2.45, 2.75) is 6.04 Å². The normalized spacial score (nSPS) is 12.6. The molecule has 1 aromatic carbocycles. The SMILES string of the molecule is NC(CO)c1c(=O)o[nH][n+]1-c1ccccc1. The Hall–Kier alpha value is -1.92. The van der Waals surface area contributed by atoms with Gasteiger partial charge >= 0.3 is 11.3 Å². The van der Waals surface area contributed by atoms with Crippen molar-refractivity contribution < 1.29 is 14.3 Å². The smallest absolute Gasteiger partial charge is 0.394 e. The number of nitrogens with one attached hydrogen (secondary N) is 1. The summed E-state index contributed by atoms with van der Waals surface area (Å²) in [5.74, 6) is 0. The van der Waals surface area contributed by atoms with Gasteiger partial charge in [0.05, 0.1) is 6.61 Å². The van der Waals surface area contributed by atoms with Gasteiger partial charge in [-0.2, -0.15) is 0 Å². The minimum absolute atomic E-state index is 0.189. The average molecular weight is 222 g/mol. The monoisotopic (exact) mass is 222 g/mol. The van der Waals surface area contributed by atoms with Crippen LogP contribution in [0.4, 0.5) is 0 Å². The second-order valence-electron chi connectivity index (χ2n) is 3.33. The van der Waals surface area contributed by atoms with Crippen molar-refractivity contribution in [1.29, 1.82) is 0 Å². The first-order valence-corrected chi connectivity index (χ1v) is 4.79. The lowest BCUT2D eigenvalue weighted by molar-refractivity contribution is -0.678. The lowest BCUT2D eigenvalue weighted by Crippen LogP contribution is -2.42. The highest BCUT2D eigenvalue weighted by Gasteiger charge is 2.28. The molecule has 0 aliphatic heterocycles. The Morgan fingerprint density at radius 1 is 1.44 bits per heavy atom. The van der Waals surface area contributed by atoms with E-state index in [2.05, 4.69) is 9.79 Å². The molecule has 84 valence electrons. The van der Waals surface area contributed by atoms with Crippen LogP contribution in [-0.4, -0.2) is 17.0 Å². The van der Waals surface area contributed by atoms with E-state index in [1.807, 2.05) is 18.2 Å². The van der Waals surface area contributed by atoms with Crippen molar-refractivity contribution in [1.82, 2.24) is 5.27 Å². The van der Waals surface area contributed by atoms with Crippen LogP contribution in [0, 0.1) is 0 Å². The van der Waals surface area contributed by atoms with E-state index in [4.69, 9.17) is 10.8 Å². The Kier molecular flexibility index (Phi) is 2.84. The van der Waals surface area contributed by atoms with E-state index >= 15 is 0 Å². The van der Waals surface area contributed by atoms with Crippen LogP contribution in [0.1, 0.15) is 11.7 Å². The molecule has 0 spiro atoms. The van der Waals surface area contributed by atoms with Gasteiger partial charge in [-0.15, -0.1) is 0 Å². The molecule has 0 saturated carbocycles. The second kappa shape index (κ2) is 4.30. The number of hydrogen-bond donors (Lipinski definition) is 3. The molecule has 1 atom stereocenters. The van der Waals surface area contributed by atoms with Crippen LogP contribution >= 0.6 is 0 Å². The molecule has 0 bridgehead atoms. The molecular weight excluding hydrogens is 210 g/mol. The van der Waals surface area contributed by atoms with Gasteiger partial charge in [-0.25, -0.2) is 4.79 Å². The molecule has 6 heteroatoms. The van der Waals surface area contributed by atoms with E-state index in [0.29, 0.717) is 5.69 Å². The Bertz CT molecular complexity index is 518. The number of aliphatic hydroxyl groups excluding tert-OH is 1. The Morgan fingerprint density at radius 2 is 2.12 bits per heavy atom. The summed E-state index contributed by atoms with van der Waals surface area (Å²) in [6, 6.07) is 8.30. The first-order valence-electron chi connectivity index (χ1n) is 4.79. The van der Waals surface area contributed by atoms with Gasteiger partial charge in [0.1, 0.15) is 6.04 Å². The van der Waals surface area contributed by atoms with Crippen molar-refractivity contribution in [2.75, 3.05) is 6.61 Å². The fourth-order valence-corrected chi connectivity index (χ4v) is 1.45. The van der Waals surface area contributed by atoms with Crippen molar-refractivity contribution in [3.05, 3.63) is 46.4 Å². The number of benzene rings is 1. The third kappa shape index (κ3) is 1.75. The number of H-pyrrole nitrogens is 1. The predicted molar refractivity (Wildman–Crippen MR) is 54.9 cm³/mol. The number of hydrogen-bond acceptors (Lipinski definition) is 4. The number of aromatic amines is 1. The highest BCUT2D eigenvalue weighted by atomic mass is 16.5. The fourth-order valence-electron chi connectivity index (χ4n) is 1.45. The van der Waals surface area contributed by atoms with E-state index < -0.39 is 11.7 Å². The molecule has 0 saturated heterocycles. The van der Waals surface area contributed by atoms with Crippen LogP contribution in [-0.2, 0) is 0 Å². The molecule has 4 N–H and O–H groups in total. The van der Waals surface area contributed by atoms with Crippen LogP contribution in [0.25, 0.3) is 5.69 Å². The average Bonchev–Trinajstić information content (AvgIpc) is 2.71. The van der Waals surface area contributed by atoms with Gasteiger partial charge in [-0.1, -0.05) is 18.2 Å². The van der Waals surface area contributed by atoms with E-state index in [1.165, 1.54) is 4.68 Å². The van der Waals surface area contributed by atoms with Gasteiger partial charge in [0.25, 0.3) is 0 Å². The van der Waals surface area contributed by atoms with E-state index in [-0.39, 0.29) is 12.3 Å². The molecule has 0 radical (unpaired) electrons. The summed E-state index contributed by atoms with van der Waals surface area (Å²) in [6.07, 6.45) is 0. The largest absolute Gasteiger partial charge is 0.432 e. The molecule has 0 aliphatic rings. The molecule has 1 aromatic heterocycles. The summed E-state index contributed by atoms with van der Waals surface area (Å²) in [6.45, 7) is -0.324. The summed E-state index contributed by atoms with van der Waals surface area (Å²) < 4.78 is 6.08. The molecular formula is C10H12N3O3+. The quantitative estimate of drug-likeness (QED) is 0.594. The third-order valence-electron chi connectivity index (χ3n) is 2.24. The summed E-state index contributed by atoms with van der Waals surface area (Å²) in [5, 5.41) is 11.4. The zero-order valence-corrected chi connectivity index (χ0v) is 8.46. The highest BCUT2D eigenvalue weighted by molar-refractivity contribution is 5.21. The van der Waals surface area contributed by atoms with Crippen LogP contribution in [0.2, 0.25) is 0 Å². The van der Waals surface area contributed by atoms with Gasteiger partial charge in [0.2, 0.25) is 5.69 Å². The zero-order valence-electron chi connectivity index (χ0n) is 8.46. The molecule has 0 aliphatic carbocycles. The predicted octanol–water partition coefficient (Wildman–Crippen LogP) is -0.763. The van der Waals surface area contributed by atoms with E-state index in [0.717, 1.165) is 0 Å². The Morgan fingerprint density at radius 3 is 2.75 bits per heavy atom. The van der Waals surface area contributed by atoms with Gasteiger partial charge in [-0.05, 0) is 9.95 Å². The lowest BCUT2D eigenvalue weighted by Gasteiger charge is -1.99. The molecule has 0 fully saturated rings. The van der Waals surface area contributed by atoms with Crippen LogP contribution in [0.15, 0.2) is 39.6 Å². The number of para-hydroxylation sites is 1. The minimum atomic E-state index is -0.775. The first-order chi connectivity index (χ1) is 7.74. The van der Waals surface area contributed by atoms with Gasteiger partial charge in [0, 0.05) is 12.1 Å². The fraction of sp³-hybridized carbons (Fsp3) is 0.200. The van der Waals surface area contributed by atoms with Gasteiger partial charge in [-0.3, -0.25) is 4.52 Å². The van der Waals surface area contributed by atoms with Crippen molar-refractivity contribution in [3.8, 4) is 5.69 Å². The summed E-state index contributed by atoms with van der Waals surface area (Å²) >= 11 is 0. The molecule has 6 nitrogen and oxygen atoms in total. The van der Waals surface area contributed by atoms with Crippen molar-refractivity contribution in [2.24, 2.45) is 5.73 Å². The maximum absolute atomic E-state index is 11.4. The van der Waals surface area contributed by atoms with Crippen LogP contribution in [0.3, 0.4) is 0 Å². The number of aromatic nitrogens is 2. The third-order valence-corrected chi connectivity index (χ3v) is 2.24.